The molecule has 8 heteroatoms. The number of benzene rings is 3. The lowest BCUT2D eigenvalue weighted by atomic mass is 9.94. The maximum atomic E-state index is 13.4. The topological polar surface area (TPSA) is 93.1 Å². The van der Waals surface area contributed by atoms with Crippen molar-refractivity contribution in [2.45, 2.75) is 26.3 Å². The number of aryl methyl sites for hydroxylation is 1. The molecule has 36 heavy (non-hydrogen) atoms. The summed E-state index contributed by atoms with van der Waals surface area (Å²) in [6.07, 6.45) is 0.807. The van der Waals surface area contributed by atoms with E-state index in [0.717, 1.165) is 12.0 Å². The number of hydrogen-bond donors (Lipinski definition) is 1. The summed E-state index contributed by atoms with van der Waals surface area (Å²) in [5.74, 6) is -1.96. The van der Waals surface area contributed by atoms with Gasteiger partial charge >= 0.3 is 5.97 Å². The molecule has 184 valence electrons. The van der Waals surface area contributed by atoms with Crippen LogP contribution in [-0.2, 0) is 20.8 Å². The lowest BCUT2D eigenvalue weighted by Crippen LogP contribution is -2.29. The number of nitrogens with zero attached hydrogens (tertiary/aromatic N) is 1. The van der Waals surface area contributed by atoms with Crippen molar-refractivity contribution in [3.63, 3.8) is 0 Å². The minimum Gasteiger partial charge on any atom is -0.507 e. The number of aliphatic hydroxyl groups excluding tert-OH is 1. The van der Waals surface area contributed by atoms with E-state index in [-0.39, 0.29) is 21.9 Å². The molecule has 3 aromatic carbocycles. The number of rotatable bonds is 6. The third-order valence-corrected chi connectivity index (χ3v) is 6.26. The van der Waals surface area contributed by atoms with Crippen molar-refractivity contribution >= 4 is 40.7 Å². The first-order valence-corrected chi connectivity index (χ1v) is 11.6. The summed E-state index contributed by atoms with van der Waals surface area (Å²) >= 11 is 6.36. The molecule has 1 fully saturated rings. The Morgan fingerprint density at radius 2 is 1.75 bits per heavy atom. The highest BCUT2D eigenvalue weighted by Gasteiger charge is 2.47. The van der Waals surface area contributed by atoms with Gasteiger partial charge in [-0.15, -0.1) is 0 Å². The van der Waals surface area contributed by atoms with Crippen LogP contribution in [-0.4, -0.2) is 29.9 Å². The second-order valence-electron chi connectivity index (χ2n) is 8.20. The maximum Gasteiger partial charge on any atom is 0.308 e. The van der Waals surface area contributed by atoms with E-state index in [9.17, 15) is 19.5 Å². The summed E-state index contributed by atoms with van der Waals surface area (Å²) in [7, 11) is 1.46. The quantitative estimate of drug-likeness (QED) is 0.157. The molecule has 3 aromatic rings. The van der Waals surface area contributed by atoms with E-state index in [1.807, 2.05) is 19.1 Å². The zero-order chi connectivity index (χ0) is 26.0. The summed E-state index contributed by atoms with van der Waals surface area (Å²) in [6.45, 7) is 3.29. The van der Waals surface area contributed by atoms with Crippen LogP contribution in [0.25, 0.3) is 5.76 Å². The second kappa shape index (κ2) is 10.3. The van der Waals surface area contributed by atoms with Crippen LogP contribution in [0.1, 0.15) is 36.6 Å². The van der Waals surface area contributed by atoms with Gasteiger partial charge in [0.05, 0.1) is 23.7 Å². The van der Waals surface area contributed by atoms with Gasteiger partial charge in [-0.05, 0) is 60.0 Å². The number of carbonyl (C=O) groups excluding carboxylic acids is 3. The van der Waals surface area contributed by atoms with Crippen LogP contribution in [0.3, 0.4) is 0 Å². The highest BCUT2D eigenvalue weighted by molar-refractivity contribution is 6.52. The first-order valence-electron chi connectivity index (χ1n) is 11.3. The first kappa shape index (κ1) is 25.0. The Balaban J connectivity index is 1.95. The number of ketones is 1. The first-order chi connectivity index (χ1) is 17.2. The van der Waals surface area contributed by atoms with Gasteiger partial charge in [0.25, 0.3) is 11.7 Å². The predicted molar refractivity (Wildman–Crippen MR) is 136 cm³/mol. The van der Waals surface area contributed by atoms with Crippen molar-refractivity contribution in [1.82, 2.24) is 0 Å². The molecule has 1 aliphatic heterocycles. The molecule has 1 amide bonds. The van der Waals surface area contributed by atoms with Gasteiger partial charge in [0.15, 0.2) is 0 Å². The summed E-state index contributed by atoms with van der Waals surface area (Å²) in [4.78, 5) is 39.6. The van der Waals surface area contributed by atoms with Gasteiger partial charge < -0.3 is 14.6 Å². The minimum atomic E-state index is -1.00. The number of aliphatic hydroxyl groups is 1. The normalized spacial score (nSPS) is 16.8. The largest absolute Gasteiger partial charge is 0.507 e. The molecule has 0 aliphatic carbocycles. The highest BCUT2D eigenvalue weighted by atomic mass is 35.5. The molecule has 1 aliphatic rings. The van der Waals surface area contributed by atoms with Crippen molar-refractivity contribution < 1.29 is 29.0 Å². The lowest BCUT2D eigenvalue weighted by molar-refractivity contribution is -0.132. The van der Waals surface area contributed by atoms with E-state index in [0.29, 0.717) is 17.0 Å². The van der Waals surface area contributed by atoms with Crippen LogP contribution in [0, 0.1) is 0 Å². The molecule has 0 radical (unpaired) electrons. The molecular formula is C28H24ClNO6. The minimum absolute atomic E-state index is 0.144. The number of anilines is 1. The predicted octanol–water partition coefficient (Wildman–Crippen LogP) is 5.46. The van der Waals surface area contributed by atoms with Crippen molar-refractivity contribution in [2.75, 3.05) is 12.0 Å². The van der Waals surface area contributed by atoms with Gasteiger partial charge in [-0.1, -0.05) is 42.8 Å². The van der Waals surface area contributed by atoms with Crippen LogP contribution in [0.5, 0.6) is 11.5 Å². The van der Waals surface area contributed by atoms with Gasteiger partial charge in [0.1, 0.15) is 17.3 Å². The van der Waals surface area contributed by atoms with Crippen LogP contribution >= 0.6 is 11.6 Å². The molecule has 0 spiro atoms. The highest BCUT2D eigenvalue weighted by Crippen LogP contribution is 2.44. The summed E-state index contributed by atoms with van der Waals surface area (Å²) in [6, 6.07) is 17.4. The van der Waals surface area contributed by atoms with Gasteiger partial charge in [0.2, 0.25) is 0 Å². The fraction of sp³-hybridized carbons (Fsp3) is 0.179. The Hall–Kier alpha value is -4.10. The third kappa shape index (κ3) is 4.70. The third-order valence-electron chi connectivity index (χ3n) is 5.93. The number of carbonyl (C=O) groups is 3. The molecule has 0 saturated carbocycles. The Morgan fingerprint density at radius 3 is 2.39 bits per heavy atom. The van der Waals surface area contributed by atoms with Crippen LogP contribution < -0.4 is 14.4 Å². The number of hydrogen-bond acceptors (Lipinski definition) is 6. The van der Waals surface area contributed by atoms with Gasteiger partial charge in [-0.25, -0.2) is 0 Å². The summed E-state index contributed by atoms with van der Waals surface area (Å²) < 4.78 is 10.5. The number of methoxy groups -OCH3 is 1. The van der Waals surface area contributed by atoms with Gasteiger partial charge in [-0.2, -0.15) is 0 Å². The Bertz CT molecular complexity index is 1380. The standard InChI is InChI=1S/C28H24ClNO6/c1-4-17-8-10-19(11-9-17)30-25(18-6-5-7-21(14-18)36-16(2)31)24(27(33)28(30)34)26(32)22-15-20(35-3)12-13-23(22)29/h5-15,25,32H,4H2,1-3H3/b26-24+. The lowest BCUT2D eigenvalue weighted by Gasteiger charge is -2.26. The Morgan fingerprint density at radius 1 is 1.03 bits per heavy atom. The number of amides is 1. The van der Waals surface area contributed by atoms with E-state index in [2.05, 4.69) is 0 Å². The van der Waals surface area contributed by atoms with Crippen LogP contribution in [0.2, 0.25) is 5.02 Å². The molecular weight excluding hydrogens is 482 g/mol. The van der Waals surface area contributed by atoms with E-state index in [1.54, 1.807) is 42.5 Å². The zero-order valence-corrected chi connectivity index (χ0v) is 20.7. The number of ether oxygens (including phenoxy) is 2. The molecule has 4 rings (SSSR count). The average Bonchev–Trinajstić information content (AvgIpc) is 3.14. The number of halogens is 1. The molecule has 1 atom stereocenters. The molecule has 0 aromatic heterocycles. The van der Waals surface area contributed by atoms with Crippen molar-refractivity contribution in [3.8, 4) is 11.5 Å². The average molecular weight is 506 g/mol. The van der Waals surface area contributed by atoms with E-state index >= 15 is 0 Å². The summed E-state index contributed by atoms with van der Waals surface area (Å²) in [5, 5.41) is 11.5. The van der Waals surface area contributed by atoms with Crippen molar-refractivity contribution in [2.24, 2.45) is 0 Å². The van der Waals surface area contributed by atoms with Gasteiger partial charge in [-0.3, -0.25) is 19.3 Å². The van der Waals surface area contributed by atoms with Gasteiger partial charge in [0, 0.05) is 18.2 Å². The molecule has 1 heterocycles. The fourth-order valence-electron chi connectivity index (χ4n) is 4.18. The SMILES string of the molecule is CCc1ccc(N2C(=O)C(=O)/C(=C(/O)c3cc(OC)ccc3Cl)C2c2cccc(OC(C)=O)c2)cc1. The number of Topliss-reactive ketones (excluding diaryl/α,β-unsaturated/α-hetero) is 1. The molecule has 1 saturated heterocycles. The smallest absolute Gasteiger partial charge is 0.308 e. The zero-order valence-electron chi connectivity index (χ0n) is 19.9. The molecule has 7 nitrogen and oxygen atoms in total. The monoisotopic (exact) mass is 505 g/mol. The van der Waals surface area contributed by atoms with Crippen LogP contribution in [0.15, 0.2) is 72.3 Å². The maximum absolute atomic E-state index is 13.4. The molecule has 1 unspecified atom stereocenters. The second-order valence-corrected chi connectivity index (χ2v) is 8.61. The Kier molecular flexibility index (Phi) is 7.12. The Labute approximate surface area is 213 Å². The molecule has 0 bridgehead atoms. The number of esters is 1. The summed E-state index contributed by atoms with van der Waals surface area (Å²) in [5.41, 5.74) is 2.01. The van der Waals surface area contributed by atoms with Crippen molar-refractivity contribution in [3.05, 3.63) is 94.0 Å². The van der Waals surface area contributed by atoms with Crippen molar-refractivity contribution in [1.29, 1.82) is 0 Å². The fourth-order valence-corrected chi connectivity index (χ4v) is 4.39. The van der Waals surface area contributed by atoms with E-state index in [1.165, 1.54) is 31.1 Å². The van der Waals surface area contributed by atoms with Crippen LogP contribution in [0.4, 0.5) is 5.69 Å². The molecule has 1 N–H and O–H groups in total. The van der Waals surface area contributed by atoms with E-state index < -0.39 is 29.5 Å². The van der Waals surface area contributed by atoms with E-state index in [4.69, 9.17) is 21.1 Å².